The third-order valence-corrected chi connectivity index (χ3v) is 3.52. The van der Waals surface area contributed by atoms with E-state index in [4.69, 9.17) is 39.9 Å². The van der Waals surface area contributed by atoms with E-state index in [2.05, 4.69) is 4.98 Å². The molecule has 98 valence electrons. The van der Waals surface area contributed by atoms with Gasteiger partial charge in [0.05, 0.1) is 11.4 Å². The number of carboxylic acid groups (broad SMARTS) is 1. The zero-order valence-corrected chi connectivity index (χ0v) is 11.8. The monoisotopic (exact) mass is 315 g/mol. The minimum absolute atomic E-state index is 0.224. The van der Waals surface area contributed by atoms with Crippen molar-refractivity contribution in [3.63, 3.8) is 0 Å². The summed E-state index contributed by atoms with van der Waals surface area (Å²) in [5.41, 5.74) is 1.52. The molecule has 1 heterocycles. The zero-order chi connectivity index (χ0) is 14.0. The Balaban J connectivity index is 2.69. The number of hydrogen-bond acceptors (Lipinski definition) is 2. The first kappa shape index (κ1) is 14.1. The van der Waals surface area contributed by atoms with Crippen LogP contribution in [0.5, 0.6) is 0 Å². The van der Waals surface area contributed by atoms with E-state index >= 15 is 0 Å². The van der Waals surface area contributed by atoms with E-state index in [1.807, 2.05) is 0 Å². The summed E-state index contributed by atoms with van der Waals surface area (Å²) in [5, 5.41) is 10.1. The Morgan fingerprint density at radius 1 is 1.11 bits per heavy atom. The summed E-state index contributed by atoms with van der Waals surface area (Å²) in [6.45, 7) is 0. The summed E-state index contributed by atoms with van der Waals surface area (Å²) in [6, 6.07) is 5.06. The van der Waals surface area contributed by atoms with E-state index in [1.54, 1.807) is 18.2 Å². The van der Waals surface area contributed by atoms with Gasteiger partial charge in [-0.15, -0.1) is 0 Å². The molecule has 6 heteroatoms. The standard InChI is InChI=1S/C13H8Cl3NO2/c14-9-2-1-3-10(15)13(9)8-5-17-6-11(16)7(8)4-12(18)19/h1-3,5-6H,4H2,(H,18,19). The summed E-state index contributed by atoms with van der Waals surface area (Å²) >= 11 is 18.3. The highest BCUT2D eigenvalue weighted by Crippen LogP contribution is 2.38. The van der Waals surface area contributed by atoms with Crippen LogP contribution in [0.25, 0.3) is 11.1 Å². The molecule has 0 spiro atoms. The lowest BCUT2D eigenvalue weighted by molar-refractivity contribution is -0.136. The van der Waals surface area contributed by atoms with Crippen LogP contribution in [0.15, 0.2) is 30.6 Å². The first-order chi connectivity index (χ1) is 9.00. The SMILES string of the molecule is O=C(O)Cc1c(Cl)cncc1-c1c(Cl)cccc1Cl. The number of carboxylic acids is 1. The highest BCUT2D eigenvalue weighted by atomic mass is 35.5. The van der Waals surface area contributed by atoms with Crippen molar-refractivity contribution in [2.45, 2.75) is 6.42 Å². The molecule has 2 rings (SSSR count). The average molecular weight is 317 g/mol. The van der Waals surface area contributed by atoms with E-state index in [-0.39, 0.29) is 11.4 Å². The van der Waals surface area contributed by atoms with Crippen molar-refractivity contribution in [2.24, 2.45) is 0 Å². The molecule has 1 aromatic heterocycles. The van der Waals surface area contributed by atoms with Crippen LogP contribution < -0.4 is 0 Å². The van der Waals surface area contributed by atoms with Gasteiger partial charge < -0.3 is 5.11 Å². The number of aliphatic carboxylic acids is 1. The molecule has 0 bridgehead atoms. The van der Waals surface area contributed by atoms with Crippen molar-refractivity contribution < 1.29 is 9.90 Å². The minimum Gasteiger partial charge on any atom is -0.481 e. The van der Waals surface area contributed by atoms with E-state index in [0.29, 0.717) is 26.7 Å². The maximum Gasteiger partial charge on any atom is 0.307 e. The molecular weight excluding hydrogens is 309 g/mol. The van der Waals surface area contributed by atoms with Crippen LogP contribution in [-0.2, 0) is 11.2 Å². The number of rotatable bonds is 3. The van der Waals surface area contributed by atoms with Gasteiger partial charge in [0, 0.05) is 33.6 Å². The van der Waals surface area contributed by atoms with E-state index in [9.17, 15) is 4.79 Å². The van der Waals surface area contributed by atoms with Gasteiger partial charge in [-0.3, -0.25) is 9.78 Å². The molecule has 2 aromatic rings. The largest absolute Gasteiger partial charge is 0.481 e. The summed E-state index contributed by atoms with van der Waals surface area (Å²) in [4.78, 5) is 14.9. The zero-order valence-electron chi connectivity index (χ0n) is 9.53. The van der Waals surface area contributed by atoms with Gasteiger partial charge in [0.25, 0.3) is 0 Å². The fourth-order valence-electron chi connectivity index (χ4n) is 1.76. The molecule has 0 aliphatic rings. The Kier molecular flexibility index (Phi) is 4.30. The topological polar surface area (TPSA) is 50.2 Å². The van der Waals surface area contributed by atoms with E-state index < -0.39 is 5.97 Å². The Bertz CT molecular complexity index is 624. The van der Waals surface area contributed by atoms with Gasteiger partial charge in [0.2, 0.25) is 0 Å². The van der Waals surface area contributed by atoms with Gasteiger partial charge in [-0.1, -0.05) is 40.9 Å². The van der Waals surface area contributed by atoms with Gasteiger partial charge in [-0.05, 0) is 17.7 Å². The molecule has 0 radical (unpaired) electrons. The van der Waals surface area contributed by atoms with Crippen LogP contribution >= 0.6 is 34.8 Å². The maximum atomic E-state index is 10.9. The predicted molar refractivity (Wildman–Crippen MR) is 76.0 cm³/mol. The molecule has 3 nitrogen and oxygen atoms in total. The molecule has 1 N–H and O–H groups in total. The van der Waals surface area contributed by atoms with E-state index in [1.165, 1.54) is 12.4 Å². The summed E-state index contributed by atoms with van der Waals surface area (Å²) < 4.78 is 0. The second-order valence-electron chi connectivity index (χ2n) is 3.81. The van der Waals surface area contributed by atoms with Crippen LogP contribution in [-0.4, -0.2) is 16.1 Å². The predicted octanol–water partition coefficient (Wildman–Crippen LogP) is 4.34. The van der Waals surface area contributed by atoms with Crippen molar-refractivity contribution in [2.75, 3.05) is 0 Å². The Labute approximate surface area is 124 Å². The van der Waals surface area contributed by atoms with Gasteiger partial charge in [0.15, 0.2) is 0 Å². The van der Waals surface area contributed by atoms with Crippen molar-refractivity contribution in [3.8, 4) is 11.1 Å². The fraction of sp³-hybridized carbons (Fsp3) is 0.0769. The smallest absolute Gasteiger partial charge is 0.307 e. The van der Waals surface area contributed by atoms with Gasteiger partial charge in [-0.25, -0.2) is 0 Å². The molecule has 19 heavy (non-hydrogen) atoms. The molecule has 0 atom stereocenters. The maximum absolute atomic E-state index is 10.9. The van der Waals surface area contributed by atoms with Crippen LogP contribution in [0.1, 0.15) is 5.56 Å². The Hall–Kier alpha value is -1.29. The average Bonchev–Trinajstić information content (AvgIpc) is 2.32. The number of benzene rings is 1. The van der Waals surface area contributed by atoms with Crippen molar-refractivity contribution >= 4 is 40.8 Å². The van der Waals surface area contributed by atoms with Crippen LogP contribution in [0, 0.1) is 0 Å². The second-order valence-corrected chi connectivity index (χ2v) is 5.04. The van der Waals surface area contributed by atoms with Crippen molar-refractivity contribution in [3.05, 3.63) is 51.2 Å². The number of hydrogen-bond donors (Lipinski definition) is 1. The summed E-state index contributed by atoms with van der Waals surface area (Å²) in [6.07, 6.45) is 2.68. The van der Waals surface area contributed by atoms with E-state index in [0.717, 1.165) is 0 Å². The second kappa shape index (κ2) is 5.78. The number of aromatic nitrogens is 1. The number of carbonyl (C=O) groups is 1. The lowest BCUT2D eigenvalue weighted by Gasteiger charge is -2.12. The quantitative estimate of drug-likeness (QED) is 0.916. The first-order valence-electron chi connectivity index (χ1n) is 5.29. The number of nitrogens with zero attached hydrogens (tertiary/aromatic N) is 1. The molecule has 0 aliphatic carbocycles. The molecule has 0 saturated heterocycles. The van der Waals surface area contributed by atoms with Crippen LogP contribution in [0.3, 0.4) is 0 Å². The molecule has 0 unspecified atom stereocenters. The molecule has 0 fully saturated rings. The minimum atomic E-state index is -0.988. The third kappa shape index (κ3) is 3.00. The molecular formula is C13H8Cl3NO2. The van der Waals surface area contributed by atoms with Gasteiger partial charge >= 0.3 is 5.97 Å². The first-order valence-corrected chi connectivity index (χ1v) is 6.42. The van der Waals surface area contributed by atoms with Crippen LogP contribution in [0.4, 0.5) is 0 Å². The number of halogens is 3. The van der Waals surface area contributed by atoms with Crippen LogP contribution in [0.2, 0.25) is 15.1 Å². The van der Waals surface area contributed by atoms with Crippen molar-refractivity contribution in [1.29, 1.82) is 0 Å². The Morgan fingerprint density at radius 2 is 1.74 bits per heavy atom. The molecule has 0 amide bonds. The summed E-state index contributed by atoms with van der Waals surface area (Å²) in [5.74, 6) is -0.988. The number of pyridine rings is 1. The fourth-order valence-corrected chi connectivity index (χ4v) is 2.59. The van der Waals surface area contributed by atoms with Gasteiger partial charge in [0.1, 0.15) is 0 Å². The lowest BCUT2D eigenvalue weighted by atomic mass is 10.00. The normalized spacial score (nSPS) is 10.5. The molecule has 0 aliphatic heterocycles. The molecule has 0 saturated carbocycles. The van der Waals surface area contributed by atoms with Crippen molar-refractivity contribution in [1.82, 2.24) is 4.98 Å². The Morgan fingerprint density at radius 3 is 2.32 bits per heavy atom. The van der Waals surface area contributed by atoms with Gasteiger partial charge in [-0.2, -0.15) is 0 Å². The summed E-state index contributed by atoms with van der Waals surface area (Å²) in [7, 11) is 0. The highest BCUT2D eigenvalue weighted by Gasteiger charge is 2.17. The molecule has 1 aromatic carbocycles. The highest BCUT2D eigenvalue weighted by molar-refractivity contribution is 6.39. The lowest BCUT2D eigenvalue weighted by Crippen LogP contribution is -2.03. The third-order valence-electron chi connectivity index (χ3n) is 2.57.